The van der Waals surface area contributed by atoms with Crippen LogP contribution in [0.3, 0.4) is 0 Å². The fourth-order valence-corrected chi connectivity index (χ4v) is 3.56. The van der Waals surface area contributed by atoms with Crippen LogP contribution in [0, 0.1) is 11.3 Å². The first-order valence-corrected chi connectivity index (χ1v) is 9.14. The van der Waals surface area contributed by atoms with E-state index in [1.165, 1.54) is 0 Å². The van der Waals surface area contributed by atoms with Crippen molar-refractivity contribution in [2.45, 2.75) is 10.9 Å². The fourth-order valence-electron chi connectivity index (χ4n) is 2.70. The monoisotopic (exact) mass is 364 g/mol. The standard InChI is InChI=1S/C19H16N4O2S/c1-23-18(15-6-7-16-17(10-15)25-9-8-24-16)21-22-19(23)26-12-14-4-2-13(11-20)3-5-14/h2-7,10H,8-9,12H2,1H3. The molecule has 7 heteroatoms. The molecule has 1 aromatic heterocycles. The third kappa shape index (κ3) is 3.24. The maximum atomic E-state index is 8.86. The van der Waals surface area contributed by atoms with Gasteiger partial charge < -0.3 is 14.0 Å². The summed E-state index contributed by atoms with van der Waals surface area (Å²) in [5, 5.41) is 18.3. The van der Waals surface area contributed by atoms with E-state index < -0.39 is 0 Å². The van der Waals surface area contributed by atoms with Crippen molar-refractivity contribution in [2.24, 2.45) is 7.05 Å². The van der Waals surface area contributed by atoms with Gasteiger partial charge >= 0.3 is 0 Å². The largest absolute Gasteiger partial charge is 0.486 e. The minimum Gasteiger partial charge on any atom is -0.486 e. The molecule has 0 aliphatic carbocycles. The predicted molar refractivity (Wildman–Crippen MR) is 98.1 cm³/mol. The minimum atomic E-state index is 0.557. The number of ether oxygens (including phenoxy) is 2. The summed E-state index contributed by atoms with van der Waals surface area (Å²) in [6, 6.07) is 15.5. The van der Waals surface area contributed by atoms with Gasteiger partial charge in [-0.15, -0.1) is 10.2 Å². The lowest BCUT2D eigenvalue weighted by Crippen LogP contribution is -2.15. The van der Waals surface area contributed by atoms with E-state index in [1.54, 1.807) is 11.8 Å². The lowest BCUT2D eigenvalue weighted by molar-refractivity contribution is 0.171. The van der Waals surface area contributed by atoms with Crippen LogP contribution in [0.25, 0.3) is 11.4 Å². The lowest BCUT2D eigenvalue weighted by Gasteiger charge is -2.18. The molecule has 0 spiro atoms. The van der Waals surface area contributed by atoms with Crippen molar-refractivity contribution in [1.29, 1.82) is 5.26 Å². The Bertz CT molecular complexity index is 976. The van der Waals surface area contributed by atoms with Gasteiger partial charge in [-0.3, -0.25) is 0 Å². The Balaban J connectivity index is 1.51. The molecular weight excluding hydrogens is 348 g/mol. The highest BCUT2D eigenvalue weighted by atomic mass is 32.2. The number of thioether (sulfide) groups is 1. The van der Waals surface area contributed by atoms with Gasteiger partial charge in [-0.2, -0.15) is 5.26 Å². The number of nitriles is 1. The molecule has 0 bridgehead atoms. The summed E-state index contributed by atoms with van der Waals surface area (Å²) in [7, 11) is 1.95. The van der Waals surface area contributed by atoms with E-state index in [4.69, 9.17) is 14.7 Å². The molecule has 0 fully saturated rings. The van der Waals surface area contributed by atoms with Crippen molar-refractivity contribution in [3.05, 3.63) is 53.6 Å². The first-order valence-electron chi connectivity index (χ1n) is 8.16. The minimum absolute atomic E-state index is 0.557. The maximum Gasteiger partial charge on any atom is 0.191 e. The Hall–Kier alpha value is -2.98. The molecule has 4 rings (SSSR count). The van der Waals surface area contributed by atoms with Crippen LogP contribution in [0.2, 0.25) is 0 Å². The van der Waals surface area contributed by atoms with E-state index in [0.29, 0.717) is 18.8 Å². The van der Waals surface area contributed by atoms with E-state index in [-0.39, 0.29) is 0 Å². The third-order valence-corrected chi connectivity index (χ3v) is 5.18. The molecule has 3 aromatic rings. The highest BCUT2D eigenvalue weighted by molar-refractivity contribution is 7.98. The van der Waals surface area contributed by atoms with Gasteiger partial charge in [-0.25, -0.2) is 0 Å². The molecule has 0 N–H and O–H groups in total. The van der Waals surface area contributed by atoms with Crippen LogP contribution in [-0.4, -0.2) is 28.0 Å². The van der Waals surface area contributed by atoms with Gasteiger partial charge in [0.05, 0.1) is 11.6 Å². The van der Waals surface area contributed by atoms with Crippen molar-refractivity contribution < 1.29 is 9.47 Å². The van der Waals surface area contributed by atoms with Gasteiger partial charge in [0.15, 0.2) is 22.5 Å². The number of rotatable bonds is 4. The van der Waals surface area contributed by atoms with Crippen LogP contribution < -0.4 is 9.47 Å². The van der Waals surface area contributed by atoms with E-state index >= 15 is 0 Å². The molecule has 0 saturated heterocycles. The average Bonchev–Trinajstić information content (AvgIpc) is 3.07. The van der Waals surface area contributed by atoms with Crippen LogP contribution in [0.1, 0.15) is 11.1 Å². The van der Waals surface area contributed by atoms with Gasteiger partial charge in [0.2, 0.25) is 0 Å². The van der Waals surface area contributed by atoms with Gasteiger partial charge in [0, 0.05) is 18.4 Å². The van der Waals surface area contributed by atoms with Gasteiger partial charge in [0.25, 0.3) is 0 Å². The van der Waals surface area contributed by atoms with Crippen molar-refractivity contribution in [1.82, 2.24) is 14.8 Å². The zero-order valence-corrected chi connectivity index (χ0v) is 15.0. The molecule has 0 amide bonds. The highest BCUT2D eigenvalue weighted by Gasteiger charge is 2.16. The molecule has 0 unspecified atom stereocenters. The normalized spacial score (nSPS) is 12.6. The van der Waals surface area contributed by atoms with Crippen molar-refractivity contribution in [3.8, 4) is 29.0 Å². The van der Waals surface area contributed by atoms with E-state index in [9.17, 15) is 0 Å². The molecule has 2 heterocycles. The highest BCUT2D eigenvalue weighted by Crippen LogP contribution is 2.34. The Kier molecular flexibility index (Phi) is 4.50. The topological polar surface area (TPSA) is 73.0 Å². The molecule has 0 saturated carbocycles. The van der Waals surface area contributed by atoms with E-state index in [2.05, 4.69) is 16.3 Å². The van der Waals surface area contributed by atoms with Gasteiger partial charge in [-0.05, 0) is 35.9 Å². The quantitative estimate of drug-likeness (QED) is 0.661. The van der Waals surface area contributed by atoms with E-state index in [1.807, 2.05) is 54.1 Å². The molecule has 26 heavy (non-hydrogen) atoms. The predicted octanol–water partition coefficient (Wildman–Crippen LogP) is 3.42. The number of aromatic nitrogens is 3. The summed E-state index contributed by atoms with van der Waals surface area (Å²) < 4.78 is 13.2. The number of hydrogen-bond acceptors (Lipinski definition) is 6. The summed E-state index contributed by atoms with van der Waals surface area (Å²) in [5.41, 5.74) is 2.74. The van der Waals surface area contributed by atoms with Crippen molar-refractivity contribution in [2.75, 3.05) is 13.2 Å². The molecule has 0 atom stereocenters. The smallest absolute Gasteiger partial charge is 0.191 e. The maximum absolute atomic E-state index is 8.86. The Morgan fingerprint density at radius 1 is 1.08 bits per heavy atom. The van der Waals surface area contributed by atoms with Crippen LogP contribution in [-0.2, 0) is 12.8 Å². The fraction of sp³-hybridized carbons (Fsp3) is 0.211. The molecule has 1 aliphatic rings. The van der Waals surface area contributed by atoms with Crippen LogP contribution in [0.15, 0.2) is 47.6 Å². The Morgan fingerprint density at radius 2 is 1.85 bits per heavy atom. The number of fused-ring (bicyclic) bond motifs is 1. The lowest BCUT2D eigenvalue weighted by atomic mass is 10.2. The van der Waals surface area contributed by atoms with Crippen LogP contribution in [0.5, 0.6) is 11.5 Å². The van der Waals surface area contributed by atoms with Crippen LogP contribution in [0.4, 0.5) is 0 Å². The summed E-state index contributed by atoms with van der Waals surface area (Å²) in [5.74, 6) is 3.05. The first-order chi connectivity index (χ1) is 12.7. The molecule has 6 nitrogen and oxygen atoms in total. The van der Waals surface area contributed by atoms with Gasteiger partial charge in [-0.1, -0.05) is 23.9 Å². The Morgan fingerprint density at radius 3 is 2.62 bits per heavy atom. The summed E-state index contributed by atoms with van der Waals surface area (Å²) in [6.07, 6.45) is 0. The zero-order chi connectivity index (χ0) is 17.9. The summed E-state index contributed by atoms with van der Waals surface area (Å²) in [6.45, 7) is 1.13. The second kappa shape index (κ2) is 7.10. The Labute approximate surface area is 155 Å². The molecule has 0 radical (unpaired) electrons. The SMILES string of the molecule is Cn1c(SCc2ccc(C#N)cc2)nnc1-c1ccc2c(c1)OCCO2. The number of nitrogens with zero attached hydrogens (tertiary/aromatic N) is 4. The second-order valence-electron chi connectivity index (χ2n) is 5.82. The van der Waals surface area contributed by atoms with E-state index in [0.717, 1.165) is 39.4 Å². The molecule has 130 valence electrons. The second-order valence-corrected chi connectivity index (χ2v) is 6.76. The third-order valence-electron chi connectivity index (χ3n) is 4.09. The van der Waals surface area contributed by atoms with Gasteiger partial charge in [0.1, 0.15) is 13.2 Å². The molecule has 1 aliphatic heterocycles. The number of hydrogen-bond donors (Lipinski definition) is 0. The zero-order valence-electron chi connectivity index (χ0n) is 14.2. The molecular formula is C19H16N4O2S. The summed E-state index contributed by atoms with van der Waals surface area (Å²) >= 11 is 1.61. The van der Waals surface area contributed by atoms with Crippen LogP contribution >= 0.6 is 11.8 Å². The first kappa shape index (κ1) is 16.5. The van der Waals surface area contributed by atoms with Crippen molar-refractivity contribution in [3.63, 3.8) is 0 Å². The molecule has 2 aromatic carbocycles. The summed E-state index contributed by atoms with van der Waals surface area (Å²) in [4.78, 5) is 0. The number of benzene rings is 2. The van der Waals surface area contributed by atoms with Crippen molar-refractivity contribution >= 4 is 11.8 Å². The average molecular weight is 364 g/mol.